The molecule has 0 spiro atoms. The van der Waals surface area contributed by atoms with Gasteiger partial charge in [-0.2, -0.15) is 4.58 Å². The Morgan fingerprint density at radius 1 is 0.829 bits per heavy atom. The maximum atomic E-state index is 6.98. The average Bonchev–Trinajstić information content (AvgIpc) is 2.99. The van der Waals surface area contributed by atoms with Gasteiger partial charge in [0.05, 0.1) is 0 Å². The quantitative estimate of drug-likeness (QED) is 0.168. The predicted molar refractivity (Wildman–Crippen MR) is 180 cm³/mol. The molecule has 0 fully saturated rings. The van der Waals surface area contributed by atoms with Crippen LogP contribution in [0.25, 0.3) is 21.5 Å². The van der Waals surface area contributed by atoms with Crippen LogP contribution in [0.15, 0.2) is 119 Å². The summed E-state index contributed by atoms with van der Waals surface area (Å²) >= 11 is 6.98. The van der Waals surface area contributed by atoms with Crippen molar-refractivity contribution in [1.82, 2.24) is 0 Å². The highest BCUT2D eigenvalue weighted by Gasteiger charge is 2.16. The van der Waals surface area contributed by atoms with Gasteiger partial charge in [-0.1, -0.05) is 78.4 Å². The Hall–Kier alpha value is -3.88. The molecule has 4 aromatic rings. The second-order valence-electron chi connectivity index (χ2n) is 11.1. The zero-order valence-electron chi connectivity index (χ0n) is 25.1. The summed E-state index contributed by atoms with van der Waals surface area (Å²) in [6.45, 7) is 8.74. The maximum Gasteiger partial charge on any atom is 0.208 e. The van der Waals surface area contributed by atoms with Gasteiger partial charge in [0.25, 0.3) is 0 Å². The van der Waals surface area contributed by atoms with Gasteiger partial charge >= 0.3 is 0 Å². The van der Waals surface area contributed by atoms with Crippen molar-refractivity contribution in [2.45, 2.75) is 47.0 Å². The highest BCUT2D eigenvalue weighted by Crippen LogP contribution is 2.34. The molecule has 0 heterocycles. The molecule has 0 saturated carbocycles. The average molecular weight is 560 g/mol. The van der Waals surface area contributed by atoms with Crippen LogP contribution in [0.3, 0.4) is 0 Å². The van der Waals surface area contributed by atoms with Gasteiger partial charge in [-0.25, -0.2) is 0 Å². The van der Waals surface area contributed by atoms with Crippen molar-refractivity contribution in [2.75, 3.05) is 19.0 Å². The highest BCUT2D eigenvalue weighted by atomic mass is 35.5. The van der Waals surface area contributed by atoms with E-state index in [0.717, 1.165) is 24.3 Å². The number of nitrogens with zero attached hydrogens (tertiary/aromatic N) is 2. The van der Waals surface area contributed by atoms with Crippen LogP contribution in [0.5, 0.6) is 0 Å². The Kier molecular flexibility index (Phi) is 8.61. The zero-order chi connectivity index (χ0) is 29.1. The van der Waals surface area contributed by atoms with Crippen LogP contribution in [-0.2, 0) is 0 Å². The van der Waals surface area contributed by atoms with Crippen LogP contribution in [0.1, 0.15) is 44.2 Å². The molecular weight excluding hydrogens is 520 g/mol. The summed E-state index contributed by atoms with van der Waals surface area (Å²) in [5, 5.41) is 6.03. The summed E-state index contributed by atoms with van der Waals surface area (Å²) in [5.74, 6) is 0. The standard InChI is InChI=1S/C38H40ClN2/c1-26(40(5)36-24-22-30-12-7-9-16-34(30)28(36)3)18-20-32-14-11-15-33(38(32)39)21-19-27(2)41(6)37-25-23-31-13-8-10-17-35(31)29(37)4/h7-10,12-13,16-25H,11,14-15H2,1-6H3/q+1. The van der Waals surface area contributed by atoms with Crippen molar-refractivity contribution in [3.63, 3.8) is 0 Å². The summed E-state index contributed by atoms with van der Waals surface area (Å²) in [4.78, 5) is 2.27. The number of allylic oxidation sites excluding steroid dienone is 8. The monoisotopic (exact) mass is 559 g/mol. The molecule has 0 unspecified atom stereocenters. The lowest BCUT2D eigenvalue weighted by Gasteiger charge is -2.23. The Labute approximate surface area is 250 Å². The summed E-state index contributed by atoms with van der Waals surface area (Å²) in [7, 11) is 4.28. The number of halogens is 1. The van der Waals surface area contributed by atoms with Gasteiger partial charge in [0.1, 0.15) is 7.05 Å². The second-order valence-corrected chi connectivity index (χ2v) is 11.5. The van der Waals surface area contributed by atoms with Crippen molar-refractivity contribution >= 4 is 50.2 Å². The lowest BCUT2D eigenvalue weighted by atomic mass is 9.94. The molecule has 208 valence electrons. The van der Waals surface area contributed by atoms with Crippen LogP contribution < -0.4 is 4.90 Å². The Balaban J connectivity index is 1.38. The fraction of sp³-hybridized carbons (Fsp3) is 0.237. The van der Waals surface area contributed by atoms with E-state index < -0.39 is 0 Å². The van der Waals surface area contributed by atoms with Crippen LogP contribution in [-0.4, -0.2) is 24.4 Å². The van der Waals surface area contributed by atoms with Gasteiger partial charge in [-0.3, -0.25) is 0 Å². The van der Waals surface area contributed by atoms with Gasteiger partial charge < -0.3 is 4.90 Å². The first-order valence-electron chi connectivity index (χ1n) is 14.5. The van der Waals surface area contributed by atoms with Crippen LogP contribution >= 0.6 is 11.6 Å². The zero-order valence-corrected chi connectivity index (χ0v) is 25.9. The molecule has 0 atom stereocenters. The first kappa shape index (κ1) is 28.6. The molecular formula is C38H40ClN2+. The van der Waals surface area contributed by atoms with Gasteiger partial charge in [0.15, 0.2) is 5.71 Å². The fourth-order valence-corrected chi connectivity index (χ4v) is 6.13. The van der Waals surface area contributed by atoms with Gasteiger partial charge in [-0.15, -0.1) is 0 Å². The first-order valence-corrected chi connectivity index (χ1v) is 14.9. The molecule has 2 nitrogen and oxygen atoms in total. The van der Waals surface area contributed by atoms with E-state index in [9.17, 15) is 0 Å². The Morgan fingerprint density at radius 2 is 1.46 bits per heavy atom. The van der Waals surface area contributed by atoms with Crippen molar-refractivity contribution in [1.29, 1.82) is 0 Å². The number of fused-ring (bicyclic) bond motifs is 2. The largest absolute Gasteiger partial charge is 0.348 e. The summed E-state index contributed by atoms with van der Waals surface area (Å²) in [6.07, 6.45) is 11.9. The third-order valence-electron chi connectivity index (χ3n) is 8.63. The molecule has 0 aliphatic heterocycles. The maximum absolute atomic E-state index is 6.98. The SMILES string of the molecule is CC(/C=C/C1=C(Cl)C(=C/C=C(\C)N(C)c2ccc3ccccc3c2C)/CCC1)=[N+](C)c1ccc2ccccc2c1C. The normalized spacial score (nSPS) is 16.3. The lowest BCUT2D eigenvalue weighted by Crippen LogP contribution is -2.15. The Morgan fingerprint density at radius 3 is 2.17 bits per heavy atom. The van der Waals surface area contributed by atoms with Crippen molar-refractivity contribution < 1.29 is 4.58 Å². The number of hydrogen-bond donors (Lipinski definition) is 0. The molecule has 1 aliphatic rings. The smallest absolute Gasteiger partial charge is 0.208 e. The van der Waals surface area contributed by atoms with Gasteiger partial charge in [0.2, 0.25) is 5.69 Å². The van der Waals surface area contributed by atoms with E-state index >= 15 is 0 Å². The van der Waals surface area contributed by atoms with Crippen molar-refractivity contribution in [3.05, 3.63) is 130 Å². The minimum atomic E-state index is 0.887. The molecule has 0 aromatic heterocycles. The molecule has 0 saturated heterocycles. The van der Waals surface area contributed by atoms with E-state index in [2.05, 4.69) is 148 Å². The number of aryl methyl sites for hydroxylation is 2. The number of rotatable bonds is 6. The third-order valence-corrected chi connectivity index (χ3v) is 9.11. The predicted octanol–water partition coefficient (Wildman–Crippen LogP) is 10.5. The summed E-state index contributed by atoms with van der Waals surface area (Å²) in [6, 6.07) is 26.0. The molecule has 3 heteroatoms. The molecule has 1 aliphatic carbocycles. The Bertz CT molecular complexity index is 1780. The number of anilines is 1. The van der Waals surface area contributed by atoms with E-state index in [1.807, 2.05) is 0 Å². The summed E-state index contributed by atoms with van der Waals surface area (Å²) in [5.41, 5.74) is 9.81. The second kappa shape index (κ2) is 12.3. The van der Waals surface area contributed by atoms with E-state index in [1.54, 1.807) is 0 Å². The molecule has 0 bridgehead atoms. The first-order chi connectivity index (χ1) is 19.8. The van der Waals surface area contributed by atoms with Gasteiger partial charge in [-0.05, 0) is 96.5 Å². The molecule has 4 aromatic carbocycles. The van der Waals surface area contributed by atoms with Crippen molar-refractivity contribution in [2.24, 2.45) is 0 Å². The van der Waals surface area contributed by atoms with E-state index in [1.165, 1.54) is 66.6 Å². The molecule has 0 amide bonds. The molecule has 5 rings (SSSR count). The number of benzene rings is 4. The molecule has 0 N–H and O–H groups in total. The molecule has 0 radical (unpaired) electrons. The molecule has 41 heavy (non-hydrogen) atoms. The minimum absolute atomic E-state index is 0.887. The minimum Gasteiger partial charge on any atom is -0.348 e. The van der Waals surface area contributed by atoms with Crippen LogP contribution in [0.4, 0.5) is 11.4 Å². The lowest BCUT2D eigenvalue weighted by molar-refractivity contribution is -0.404. The fourth-order valence-electron chi connectivity index (χ4n) is 5.81. The van der Waals surface area contributed by atoms with E-state index in [0.29, 0.717) is 0 Å². The summed E-state index contributed by atoms with van der Waals surface area (Å²) < 4.78 is 2.27. The van der Waals surface area contributed by atoms with Crippen LogP contribution in [0, 0.1) is 13.8 Å². The van der Waals surface area contributed by atoms with E-state index in [-0.39, 0.29) is 0 Å². The number of hydrogen-bond acceptors (Lipinski definition) is 1. The van der Waals surface area contributed by atoms with Gasteiger partial charge in [0, 0.05) is 48.1 Å². The van der Waals surface area contributed by atoms with Crippen LogP contribution in [0.2, 0.25) is 0 Å². The van der Waals surface area contributed by atoms with E-state index in [4.69, 9.17) is 11.6 Å². The topological polar surface area (TPSA) is 6.25 Å². The highest BCUT2D eigenvalue weighted by molar-refractivity contribution is 6.32. The third kappa shape index (κ3) is 5.94. The van der Waals surface area contributed by atoms with Crippen molar-refractivity contribution in [3.8, 4) is 0 Å².